The molecule has 1 atom stereocenters. The van der Waals surface area contributed by atoms with Gasteiger partial charge in [0, 0.05) is 15.5 Å². The molecule has 0 N–H and O–H groups in total. The number of fused-ring (bicyclic) bond motifs is 8. The molecule has 3 aromatic rings. The van der Waals surface area contributed by atoms with Gasteiger partial charge >= 0.3 is 0 Å². The standard InChI is InChI=1S/C21H14S/c1-2-8-14-15-9-4-5-11-17(15)21-20(16(14)10-3-1)18-12-6-7-13-19(18)22-21/h1-13,16H. The first-order valence-electron chi connectivity index (χ1n) is 7.60. The van der Waals surface area contributed by atoms with Crippen LogP contribution >= 0.6 is 11.3 Å². The Morgan fingerprint density at radius 3 is 2.55 bits per heavy atom. The van der Waals surface area contributed by atoms with E-state index >= 15 is 0 Å². The molecule has 1 heterocycles. The predicted molar refractivity (Wildman–Crippen MR) is 96.3 cm³/mol. The maximum Gasteiger partial charge on any atom is 0.0402 e. The fourth-order valence-electron chi connectivity index (χ4n) is 3.62. The molecule has 104 valence electrons. The van der Waals surface area contributed by atoms with Crippen LogP contribution in [0.3, 0.4) is 0 Å². The summed E-state index contributed by atoms with van der Waals surface area (Å²) in [6.45, 7) is 0. The minimum Gasteiger partial charge on any atom is -0.135 e. The van der Waals surface area contributed by atoms with Crippen molar-refractivity contribution in [2.45, 2.75) is 5.92 Å². The van der Waals surface area contributed by atoms with Crippen LogP contribution in [0.2, 0.25) is 0 Å². The smallest absolute Gasteiger partial charge is 0.0402 e. The highest BCUT2D eigenvalue weighted by molar-refractivity contribution is 7.22. The topological polar surface area (TPSA) is 0 Å². The Bertz CT molecular complexity index is 982. The lowest BCUT2D eigenvalue weighted by molar-refractivity contribution is 1.12. The van der Waals surface area contributed by atoms with Crippen LogP contribution in [-0.2, 0) is 0 Å². The number of benzene rings is 2. The molecule has 22 heavy (non-hydrogen) atoms. The number of rotatable bonds is 0. The molecule has 1 heteroatoms. The predicted octanol–water partition coefficient (Wildman–Crippen LogP) is 6.17. The molecule has 0 saturated heterocycles. The highest BCUT2D eigenvalue weighted by atomic mass is 32.1. The summed E-state index contributed by atoms with van der Waals surface area (Å²) >= 11 is 1.92. The van der Waals surface area contributed by atoms with Crippen molar-refractivity contribution in [1.29, 1.82) is 0 Å². The van der Waals surface area contributed by atoms with E-state index in [9.17, 15) is 0 Å². The van der Waals surface area contributed by atoms with Crippen LogP contribution in [0.5, 0.6) is 0 Å². The molecule has 2 aliphatic carbocycles. The van der Waals surface area contributed by atoms with Crippen molar-refractivity contribution in [2.24, 2.45) is 0 Å². The molecular formula is C21H14S. The molecule has 0 spiro atoms. The molecule has 0 aliphatic heterocycles. The van der Waals surface area contributed by atoms with Gasteiger partial charge in [0.15, 0.2) is 0 Å². The average molecular weight is 298 g/mol. The van der Waals surface area contributed by atoms with E-state index in [0.717, 1.165) is 0 Å². The van der Waals surface area contributed by atoms with Gasteiger partial charge in [-0.05, 0) is 33.7 Å². The Balaban J connectivity index is 1.95. The Labute approximate surface area is 133 Å². The van der Waals surface area contributed by atoms with Crippen LogP contribution in [0.25, 0.3) is 26.1 Å². The molecule has 0 bridgehead atoms. The first kappa shape index (κ1) is 12.2. The zero-order chi connectivity index (χ0) is 14.5. The Kier molecular flexibility index (Phi) is 2.53. The van der Waals surface area contributed by atoms with Crippen molar-refractivity contribution in [2.75, 3.05) is 0 Å². The van der Waals surface area contributed by atoms with E-state index in [2.05, 4.69) is 78.9 Å². The van der Waals surface area contributed by atoms with Crippen molar-refractivity contribution < 1.29 is 0 Å². The summed E-state index contributed by atoms with van der Waals surface area (Å²) in [6, 6.07) is 17.6. The van der Waals surface area contributed by atoms with Gasteiger partial charge in [0.1, 0.15) is 0 Å². The van der Waals surface area contributed by atoms with Crippen molar-refractivity contribution in [1.82, 2.24) is 0 Å². The molecule has 2 aromatic carbocycles. The molecule has 0 radical (unpaired) electrons. The molecular weight excluding hydrogens is 284 g/mol. The lowest BCUT2D eigenvalue weighted by atomic mass is 9.77. The van der Waals surface area contributed by atoms with Crippen LogP contribution in [-0.4, -0.2) is 0 Å². The Morgan fingerprint density at radius 2 is 1.59 bits per heavy atom. The molecule has 1 aromatic heterocycles. The SMILES string of the molecule is C1=CC=C2c3ccccc3-c3sc4ccccc4c3C2C=C1. The van der Waals surface area contributed by atoms with Gasteiger partial charge in [-0.25, -0.2) is 0 Å². The summed E-state index contributed by atoms with van der Waals surface area (Å²) in [5.74, 6) is 0.357. The molecule has 2 aliphatic rings. The van der Waals surface area contributed by atoms with E-state index in [1.54, 1.807) is 0 Å². The summed E-state index contributed by atoms with van der Waals surface area (Å²) < 4.78 is 1.38. The average Bonchev–Trinajstić information content (AvgIpc) is 2.78. The number of hydrogen-bond acceptors (Lipinski definition) is 1. The summed E-state index contributed by atoms with van der Waals surface area (Å²) in [6.07, 6.45) is 11.1. The van der Waals surface area contributed by atoms with Gasteiger partial charge in [0.2, 0.25) is 0 Å². The Morgan fingerprint density at radius 1 is 0.773 bits per heavy atom. The minimum absolute atomic E-state index is 0.357. The first-order valence-corrected chi connectivity index (χ1v) is 8.41. The Hall–Kier alpha value is -2.38. The van der Waals surface area contributed by atoms with Crippen LogP contribution in [0.15, 0.2) is 78.9 Å². The quantitative estimate of drug-likeness (QED) is 0.465. The minimum atomic E-state index is 0.357. The number of allylic oxidation sites excluding steroid dienone is 6. The van der Waals surface area contributed by atoms with Crippen molar-refractivity contribution in [3.63, 3.8) is 0 Å². The van der Waals surface area contributed by atoms with E-state index in [1.807, 2.05) is 11.3 Å². The summed E-state index contributed by atoms with van der Waals surface area (Å²) in [4.78, 5) is 1.44. The maximum absolute atomic E-state index is 2.34. The highest BCUT2D eigenvalue weighted by Gasteiger charge is 2.30. The van der Waals surface area contributed by atoms with Gasteiger partial charge in [-0.2, -0.15) is 0 Å². The third kappa shape index (κ3) is 1.57. The second-order valence-corrected chi connectivity index (χ2v) is 6.81. The fraction of sp³-hybridized carbons (Fsp3) is 0.0476. The van der Waals surface area contributed by atoms with Crippen LogP contribution in [0, 0.1) is 0 Å². The molecule has 5 rings (SSSR count). The van der Waals surface area contributed by atoms with Crippen molar-refractivity contribution in [3.05, 3.63) is 90.0 Å². The van der Waals surface area contributed by atoms with E-state index in [4.69, 9.17) is 0 Å². The van der Waals surface area contributed by atoms with Gasteiger partial charge in [-0.1, -0.05) is 72.8 Å². The molecule has 1 unspecified atom stereocenters. The van der Waals surface area contributed by atoms with Gasteiger partial charge in [-0.3, -0.25) is 0 Å². The zero-order valence-electron chi connectivity index (χ0n) is 12.0. The normalized spacial score (nSPS) is 18.4. The molecule has 0 saturated carbocycles. The van der Waals surface area contributed by atoms with Crippen molar-refractivity contribution >= 4 is 27.0 Å². The summed E-state index contributed by atoms with van der Waals surface area (Å²) in [7, 11) is 0. The fourth-order valence-corrected chi connectivity index (χ4v) is 4.91. The van der Waals surface area contributed by atoms with Crippen LogP contribution in [0.4, 0.5) is 0 Å². The number of hydrogen-bond donors (Lipinski definition) is 0. The van der Waals surface area contributed by atoms with Crippen LogP contribution in [0.1, 0.15) is 17.0 Å². The zero-order valence-corrected chi connectivity index (χ0v) is 12.8. The van der Waals surface area contributed by atoms with Gasteiger partial charge in [-0.15, -0.1) is 11.3 Å². The lowest BCUT2D eigenvalue weighted by Gasteiger charge is -2.26. The van der Waals surface area contributed by atoms with Crippen LogP contribution < -0.4 is 0 Å². The highest BCUT2D eigenvalue weighted by Crippen LogP contribution is 2.53. The monoisotopic (exact) mass is 298 g/mol. The molecule has 0 amide bonds. The van der Waals surface area contributed by atoms with Crippen molar-refractivity contribution in [3.8, 4) is 10.4 Å². The van der Waals surface area contributed by atoms with E-state index in [0.29, 0.717) is 5.92 Å². The molecule has 0 nitrogen and oxygen atoms in total. The van der Waals surface area contributed by atoms with E-state index in [-0.39, 0.29) is 0 Å². The van der Waals surface area contributed by atoms with Gasteiger partial charge in [0.25, 0.3) is 0 Å². The summed E-state index contributed by atoms with van der Waals surface area (Å²) in [5.41, 5.74) is 5.65. The second kappa shape index (κ2) is 4.56. The van der Waals surface area contributed by atoms with E-state index < -0.39 is 0 Å². The second-order valence-electron chi connectivity index (χ2n) is 5.76. The first-order chi connectivity index (χ1) is 10.9. The van der Waals surface area contributed by atoms with E-state index in [1.165, 1.54) is 37.2 Å². The lowest BCUT2D eigenvalue weighted by Crippen LogP contribution is -2.06. The van der Waals surface area contributed by atoms with Gasteiger partial charge in [0.05, 0.1) is 0 Å². The third-order valence-corrected chi connectivity index (χ3v) is 5.78. The third-order valence-electron chi connectivity index (χ3n) is 4.56. The maximum atomic E-state index is 2.34. The largest absolute Gasteiger partial charge is 0.135 e. The molecule has 0 fully saturated rings. The number of thiophene rings is 1. The van der Waals surface area contributed by atoms with Gasteiger partial charge < -0.3 is 0 Å². The summed E-state index contributed by atoms with van der Waals surface area (Å²) in [5, 5.41) is 1.40.